The fourth-order valence-electron chi connectivity index (χ4n) is 3.06. The highest BCUT2D eigenvalue weighted by molar-refractivity contribution is 5.83. The molecule has 94 valence electrons. The van der Waals surface area contributed by atoms with Crippen LogP contribution < -0.4 is 0 Å². The quantitative estimate of drug-likeness (QED) is 0.692. The first-order chi connectivity index (χ1) is 7.29. The number of ketones is 1. The van der Waals surface area contributed by atoms with E-state index in [2.05, 4.69) is 13.8 Å². The second-order valence-corrected chi connectivity index (χ2v) is 7.00. The lowest BCUT2D eigenvalue weighted by Gasteiger charge is -2.31. The molecule has 1 aliphatic rings. The molecule has 0 aromatic rings. The Bertz CT molecular complexity index is 226. The van der Waals surface area contributed by atoms with E-state index < -0.39 is 0 Å². The Morgan fingerprint density at radius 1 is 1.06 bits per heavy atom. The summed E-state index contributed by atoms with van der Waals surface area (Å²) in [6, 6.07) is 0. The summed E-state index contributed by atoms with van der Waals surface area (Å²) in [5.41, 5.74) is -0.147. The Kier molecular flexibility index (Phi) is 4.58. The molecule has 1 aliphatic carbocycles. The van der Waals surface area contributed by atoms with E-state index in [0.717, 1.165) is 30.6 Å². The fraction of sp³-hybridized carbons (Fsp3) is 0.933. The lowest BCUT2D eigenvalue weighted by atomic mass is 9.74. The maximum absolute atomic E-state index is 11.9. The summed E-state index contributed by atoms with van der Waals surface area (Å²) in [6.45, 7) is 10.8. The summed E-state index contributed by atoms with van der Waals surface area (Å²) >= 11 is 0. The van der Waals surface area contributed by atoms with Gasteiger partial charge in [0.25, 0.3) is 0 Å². The fourth-order valence-corrected chi connectivity index (χ4v) is 3.06. The van der Waals surface area contributed by atoms with Crippen LogP contribution in [0.4, 0.5) is 0 Å². The molecule has 0 bridgehead atoms. The predicted molar refractivity (Wildman–Crippen MR) is 69.4 cm³/mol. The van der Waals surface area contributed by atoms with Crippen LogP contribution in [0.15, 0.2) is 0 Å². The molecule has 0 radical (unpaired) electrons. The molecule has 2 unspecified atom stereocenters. The van der Waals surface area contributed by atoms with Crippen molar-refractivity contribution in [3.63, 3.8) is 0 Å². The molecule has 0 amide bonds. The summed E-state index contributed by atoms with van der Waals surface area (Å²) < 4.78 is 0. The molecule has 0 aliphatic heterocycles. The van der Waals surface area contributed by atoms with Crippen LogP contribution in [0.1, 0.15) is 66.7 Å². The third-order valence-corrected chi connectivity index (χ3v) is 3.89. The zero-order valence-electron chi connectivity index (χ0n) is 11.7. The Balaban J connectivity index is 2.35. The molecule has 0 aromatic carbocycles. The SMILES string of the molecule is CC1CC(C)CC(CCC(=O)C(C)(C)C)C1. The Labute approximate surface area is 101 Å². The minimum absolute atomic E-state index is 0.147. The molecule has 2 atom stereocenters. The molecule has 0 heterocycles. The average molecular weight is 224 g/mol. The van der Waals surface area contributed by atoms with Gasteiger partial charge in [-0.3, -0.25) is 4.79 Å². The van der Waals surface area contributed by atoms with E-state index in [4.69, 9.17) is 0 Å². The first kappa shape index (κ1) is 13.7. The Hall–Kier alpha value is -0.330. The number of carbonyl (C=O) groups excluding carboxylic acids is 1. The Morgan fingerprint density at radius 3 is 2.00 bits per heavy atom. The second kappa shape index (κ2) is 5.33. The van der Waals surface area contributed by atoms with Crippen molar-refractivity contribution in [1.29, 1.82) is 0 Å². The molecule has 1 nitrogen and oxygen atoms in total. The van der Waals surface area contributed by atoms with Crippen molar-refractivity contribution < 1.29 is 4.79 Å². The van der Waals surface area contributed by atoms with Gasteiger partial charge in [0.05, 0.1) is 0 Å². The van der Waals surface area contributed by atoms with Crippen LogP contribution in [-0.2, 0) is 4.79 Å². The van der Waals surface area contributed by atoms with E-state index >= 15 is 0 Å². The van der Waals surface area contributed by atoms with Crippen LogP contribution in [0.5, 0.6) is 0 Å². The van der Waals surface area contributed by atoms with Crippen LogP contribution >= 0.6 is 0 Å². The van der Waals surface area contributed by atoms with Gasteiger partial charge in [-0.1, -0.05) is 34.6 Å². The molecular weight excluding hydrogens is 196 g/mol. The lowest BCUT2D eigenvalue weighted by Crippen LogP contribution is -2.23. The van der Waals surface area contributed by atoms with E-state index in [1.807, 2.05) is 20.8 Å². The molecule has 1 fully saturated rings. The smallest absolute Gasteiger partial charge is 0.138 e. The number of rotatable bonds is 3. The molecule has 0 aromatic heterocycles. The highest BCUT2D eigenvalue weighted by atomic mass is 16.1. The van der Waals surface area contributed by atoms with Crippen molar-refractivity contribution in [2.75, 3.05) is 0 Å². The lowest BCUT2D eigenvalue weighted by molar-refractivity contribution is -0.126. The molecule has 0 saturated heterocycles. The number of hydrogen-bond acceptors (Lipinski definition) is 1. The molecule has 0 spiro atoms. The van der Waals surface area contributed by atoms with Crippen molar-refractivity contribution in [1.82, 2.24) is 0 Å². The molecular formula is C15H28O. The van der Waals surface area contributed by atoms with Gasteiger partial charge in [-0.15, -0.1) is 0 Å². The molecule has 0 N–H and O–H groups in total. The maximum atomic E-state index is 11.9. The number of carbonyl (C=O) groups is 1. The van der Waals surface area contributed by atoms with E-state index in [0.29, 0.717) is 5.78 Å². The van der Waals surface area contributed by atoms with Gasteiger partial charge in [0.1, 0.15) is 5.78 Å². The van der Waals surface area contributed by atoms with Crippen LogP contribution in [0.2, 0.25) is 0 Å². The average Bonchev–Trinajstić information content (AvgIpc) is 2.11. The highest BCUT2D eigenvalue weighted by Crippen LogP contribution is 2.35. The summed E-state index contributed by atoms with van der Waals surface area (Å²) in [6.07, 6.45) is 5.95. The van der Waals surface area contributed by atoms with Gasteiger partial charge in [0.2, 0.25) is 0 Å². The standard InChI is InChI=1S/C15H28O/c1-11-8-12(2)10-13(9-11)6-7-14(16)15(3,4)5/h11-13H,6-10H2,1-5H3. The van der Waals surface area contributed by atoms with Gasteiger partial charge in [-0.25, -0.2) is 0 Å². The van der Waals surface area contributed by atoms with Crippen molar-refractivity contribution in [2.45, 2.75) is 66.7 Å². The number of hydrogen-bond donors (Lipinski definition) is 0. The van der Waals surface area contributed by atoms with Crippen LogP contribution in [0.3, 0.4) is 0 Å². The van der Waals surface area contributed by atoms with Crippen molar-refractivity contribution >= 4 is 5.78 Å². The summed E-state index contributed by atoms with van der Waals surface area (Å²) in [5, 5.41) is 0. The highest BCUT2D eigenvalue weighted by Gasteiger charge is 2.26. The van der Waals surface area contributed by atoms with Gasteiger partial charge in [0.15, 0.2) is 0 Å². The molecule has 1 rings (SSSR count). The Morgan fingerprint density at radius 2 is 1.56 bits per heavy atom. The first-order valence-electron chi connectivity index (χ1n) is 6.82. The topological polar surface area (TPSA) is 17.1 Å². The largest absolute Gasteiger partial charge is 0.299 e. The van der Waals surface area contributed by atoms with Crippen LogP contribution in [-0.4, -0.2) is 5.78 Å². The summed E-state index contributed by atoms with van der Waals surface area (Å²) in [5.74, 6) is 2.94. The third kappa shape index (κ3) is 4.27. The van der Waals surface area contributed by atoms with Gasteiger partial charge in [0, 0.05) is 11.8 Å². The monoisotopic (exact) mass is 224 g/mol. The maximum Gasteiger partial charge on any atom is 0.138 e. The van der Waals surface area contributed by atoms with E-state index in [1.54, 1.807) is 0 Å². The summed E-state index contributed by atoms with van der Waals surface area (Å²) in [7, 11) is 0. The van der Waals surface area contributed by atoms with Gasteiger partial charge in [-0.05, 0) is 43.4 Å². The molecule has 1 saturated carbocycles. The van der Waals surface area contributed by atoms with Gasteiger partial charge < -0.3 is 0 Å². The van der Waals surface area contributed by atoms with Crippen molar-refractivity contribution in [3.8, 4) is 0 Å². The zero-order chi connectivity index (χ0) is 12.3. The van der Waals surface area contributed by atoms with Crippen molar-refractivity contribution in [3.05, 3.63) is 0 Å². The third-order valence-electron chi connectivity index (χ3n) is 3.89. The second-order valence-electron chi connectivity index (χ2n) is 7.00. The normalized spacial score (nSPS) is 31.4. The number of Topliss-reactive ketones (excluding diaryl/α,β-unsaturated/α-hetero) is 1. The van der Waals surface area contributed by atoms with Crippen LogP contribution in [0, 0.1) is 23.2 Å². The molecule has 1 heteroatoms. The van der Waals surface area contributed by atoms with Crippen LogP contribution in [0.25, 0.3) is 0 Å². The summed E-state index contributed by atoms with van der Waals surface area (Å²) in [4.78, 5) is 11.9. The molecule has 16 heavy (non-hydrogen) atoms. The first-order valence-corrected chi connectivity index (χ1v) is 6.82. The predicted octanol–water partition coefficient (Wildman–Crippen LogP) is 4.45. The van der Waals surface area contributed by atoms with E-state index in [1.165, 1.54) is 19.3 Å². The van der Waals surface area contributed by atoms with E-state index in [-0.39, 0.29) is 5.41 Å². The van der Waals surface area contributed by atoms with E-state index in [9.17, 15) is 4.79 Å². The zero-order valence-corrected chi connectivity index (χ0v) is 11.7. The van der Waals surface area contributed by atoms with Gasteiger partial charge in [-0.2, -0.15) is 0 Å². The minimum Gasteiger partial charge on any atom is -0.299 e. The van der Waals surface area contributed by atoms with Crippen molar-refractivity contribution in [2.24, 2.45) is 23.2 Å². The van der Waals surface area contributed by atoms with Gasteiger partial charge >= 0.3 is 0 Å². The minimum atomic E-state index is -0.147.